The van der Waals surface area contributed by atoms with Crippen molar-refractivity contribution in [2.75, 3.05) is 11.9 Å². The second kappa shape index (κ2) is 9.56. The molecule has 0 saturated carbocycles. The van der Waals surface area contributed by atoms with Gasteiger partial charge in [-0.05, 0) is 55.0 Å². The lowest BCUT2D eigenvalue weighted by Gasteiger charge is -2.13. The van der Waals surface area contributed by atoms with Crippen molar-refractivity contribution in [2.45, 2.75) is 22.9 Å². The Balaban J connectivity index is 1.52. The second-order valence-corrected chi connectivity index (χ2v) is 7.35. The van der Waals surface area contributed by atoms with Crippen molar-refractivity contribution in [2.24, 2.45) is 0 Å². The van der Waals surface area contributed by atoms with Crippen LogP contribution in [0.15, 0.2) is 71.2 Å². The number of imidazole rings is 1. The van der Waals surface area contributed by atoms with Crippen LogP contribution < -0.4 is 10.6 Å². The van der Waals surface area contributed by atoms with E-state index >= 15 is 0 Å². The molecule has 3 rings (SSSR count). The number of anilines is 1. The van der Waals surface area contributed by atoms with E-state index in [9.17, 15) is 0 Å². The third kappa shape index (κ3) is 5.72. The van der Waals surface area contributed by atoms with Gasteiger partial charge in [0.25, 0.3) is 0 Å². The highest BCUT2D eigenvalue weighted by molar-refractivity contribution is 7.99. The van der Waals surface area contributed by atoms with E-state index in [-0.39, 0.29) is 0 Å². The van der Waals surface area contributed by atoms with Gasteiger partial charge in [0, 0.05) is 41.6 Å². The summed E-state index contributed by atoms with van der Waals surface area (Å²) < 4.78 is 2.04. The first-order valence-electron chi connectivity index (χ1n) is 8.10. The maximum atomic E-state index is 5.94. The first-order chi connectivity index (χ1) is 12.7. The van der Waals surface area contributed by atoms with Crippen molar-refractivity contribution < 1.29 is 0 Å². The minimum atomic E-state index is 0.585. The van der Waals surface area contributed by atoms with Gasteiger partial charge in [0.1, 0.15) is 5.03 Å². The zero-order valence-electron chi connectivity index (χ0n) is 13.9. The van der Waals surface area contributed by atoms with E-state index < -0.39 is 0 Å². The van der Waals surface area contributed by atoms with E-state index in [1.54, 1.807) is 24.2 Å². The van der Waals surface area contributed by atoms with E-state index in [1.807, 2.05) is 53.5 Å². The van der Waals surface area contributed by atoms with Crippen LogP contribution in [0.5, 0.6) is 0 Å². The van der Waals surface area contributed by atoms with Crippen molar-refractivity contribution in [3.05, 3.63) is 66.3 Å². The van der Waals surface area contributed by atoms with Crippen molar-refractivity contribution >= 4 is 46.4 Å². The molecule has 0 amide bonds. The highest BCUT2D eigenvalue weighted by atomic mass is 35.5. The highest BCUT2D eigenvalue weighted by Crippen LogP contribution is 2.32. The SMILES string of the molecule is S=C(NCCCn1ccnc1)Nc1cccnc1Sc1ccc(Cl)cc1. The Kier molecular flexibility index (Phi) is 6.88. The fraction of sp³-hybridized carbons (Fsp3) is 0.167. The molecule has 2 aromatic heterocycles. The molecule has 0 atom stereocenters. The average molecular weight is 404 g/mol. The normalized spacial score (nSPS) is 10.5. The van der Waals surface area contributed by atoms with Crippen LogP contribution in [0, 0.1) is 0 Å². The number of pyridine rings is 1. The molecule has 1 aromatic carbocycles. The Labute approximate surface area is 167 Å². The van der Waals surface area contributed by atoms with Gasteiger partial charge in [-0.25, -0.2) is 9.97 Å². The molecule has 2 heterocycles. The fourth-order valence-corrected chi connectivity index (χ4v) is 3.41. The van der Waals surface area contributed by atoms with Crippen LogP contribution in [0.2, 0.25) is 5.02 Å². The summed E-state index contributed by atoms with van der Waals surface area (Å²) in [5, 5.41) is 8.61. The van der Waals surface area contributed by atoms with Crippen LogP contribution in [0.3, 0.4) is 0 Å². The third-order valence-corrected chi connectivity index (χ3v) is 5.01. The molecule has 8 heteroatoms. The molecule has 0 fully saturated rings. The van der Waals surface area contributed by atoms with Gasteiger partial charge in [-0.2, -0.15) is 0 Å². The summed E-state index contributed by atoms with van der Waals surface area (Å²) in [7, 11) is 0. The van der Waals surface area contributed by atoms with Gasteiger partial charge >= 0.3 is 0 Å². The van der Waals surface area contributed by atoms with Crippen molar-refractivity contribution in [3.63, 3.8) is 0 Å². The molecule has 0 aliphatic rings. The molecular formula is C18H18ClN5S2. The van der Waals surface area contributed by atoms with E-state index in [1.165, 1.54) is 0 Å². The van der Waals surface area contributed by atoms with Gasteiger partial charge in [-0.3, -0.25) is 0 Å². The topological polar surface area (TPSA) is 54.8 Å². The largest absolute Gasteiger partial charge is 0.362 e. The first kappa shape index (κ1) is 18.7. The molecule has 0 aliphatic heterocycles. The standard InChI is InChI=1S/C18H18ClN5S2/c19-14-4-6-15(7-5-14)26-17-16(3-1-8-21-17)23-18(25)22-9-2-11-24-12-10-20-13-24/h1,3-8,10,12-13H,2,9,11H2,(H2,22,23,25). The van der Waals surface area contributed by atoms with Crippen molar-refractivity contribution in [3.8, 4) is 0 Å². The first-order valence-corrected chi connectivity index (χ1v) is 9.70. The summed E-state index contributed by atoms with van der Waals surface area (Å²) in [6, 6.07) is 11.5. The Morgan fingerprint density at radius 3 is 2.81 bits per heavy atom. The Hall–Kier alpha value is -2.09. The number of nitrogens with one attached hydrogen (secondary N) is 2. The molecule has 0 aliphatic carbocycles. The van der Waals surface area contributed by atoms with Gasteiger partial charge in [0.15, 0.2) is 5.11 Å². The molecule has 3 aromatic rings. The molecule has 26 heavy (non-hydrogen) atoms. The summed E-state index contributed by atoms with van der Waals surface area (Å²) in [6.07, 6.45) is 8.27. The van der Waals surface area contributed by atoms with E-state index in [2.05, 4.69) is 20.6 Å². The fourth-order valence-electron chi connectivity index (χ4n) is 2.23. The molecule has 134 valence electrons. The van der Waals surface area contributed by atoms with Crippen LogP contribution in [0.1, 0.15) is 6.42 Å². The minimum absolute atomic E-state index is 0.585. The Morgan fingerprint density at radius 1 is 1.19 bits per heavy atom. The van der Waals surface area contributed by atoms with Crippen molar-refractivity contribution in [1.29, 1.82) is 0 Å². The number of hydrogen-bond donors (Lipinski definition) is 2. The van der Waals surface area contributed by atoms with E-state index in [0.29, 0.717) is 5.11 Å². The predicted octanol–water partition coefficient (Wildman–Crippen LogP) is 4.46. The molecule has 0 saturated heterocycles. The molecule has 5 nitrogen and oxygen atoms in total. The molecule has 0 radical (unpaired) electrons. The molecule has 0 spiro atoms. The van der Waals surface area contributed by atoms with Crippen molar-refractivity contribution in [1.82, 2.24) is 19.9 Å². The smallest absolute Gasteiger partial charge is 0.170 e. The van der Waals surface area contributed by atoms with Crippen LogP contribution in [-0.4, -0.2) is 26.2 Å². The van der Waals surface area contributed by atoms with Crippen LogP contribution in [-0.2, 0) is 6.54 Å². The van der Waals surface area contributed by atoms with Gasteiger partial charge in [0.2, 0.25) is 0 Å². The number of aryl methyl sites for hydroxylation is 1. The average Bonchev–Trinajstić information content (AvgIpc) is 3.16. The zero-order valence-corrected chi connectivity index (χ0v) is 16.3. The molecule has 0 unspecified atom stereocenters. The number of thiocarbonyl (C=S) groups is 1. The van der Waals surface area contributed by atoms with Crippen LogP contribution in [0.25, 0.3) is 0 Å². The third-order valence-electron chi connectivity index (χ3n) is 3.49. The number of aromatic nitrogens is 3. The summed E-state index contributed by atoms with van der Waals surface area (Å²) in [5.41, 5.74) is 0.875. The number of halogens is 1. The van der Waals surface area contributed by atoms with Crippen LogP contribution >= 0.6 is 35.6 Å². The summed E-state index contributed by atoms with van der Waals surface area (Å²) in [5.74, 6) is 0. The van der Waals surface area contributed by atoms with Gasteiger partial charge in [-0.15, -0.1) is 0 Å². The Morgan fingerprint density at radius 2 is 2.04 bits per heavy atom. The van der Waals surface area contributed by atoms with E-state index in [4.69, 9.17) is 23.8 Å². The quantitative estimate of drug-likeness (QED) is 0.448. The Bertz CT molecular complexity index is 837. The lowest BCUT2D eigenvalue weighted by molar-refractivity contribution is 0.632. The van der Waals surface area contributed by atoms with E-state index in [0.717, 1.165) is 40.1 Å². The minimum Gasteiger partial charge on any atom is -0.362 e. The number of hydrogen-bond acceptors (Lipinski definition) is 4. The zero-order chi connectivity index (χ0) is 18.2. The predicted molar refractivity (Wildman–Crippen MR) is 111 cm³/mol. The summed E-state index contributed by atoms with van der Waals surface area (Å²) in [6.45, 7) is 1.68. The van der Waals surface area contributed by atoms with Gasteiger partial charge < -0.3 is 15.2 Å². The highest BCUT2D eigenvalue weighted by Gasteiger charge is 2.07. The monoisotopic (exact) mass is 403 g/mol. The summed E-state index contributed by atoms with van der Waals surface area (Å²) >= 11 is 12.9. The maximum Gasteiger partial charge on any atom is 0.170 e. The number of benzene rings is 1. The molecule has 0 bridgehead atoms. The molecular weight excluding hydrogens is 386 g/mol. The second-order valence-electron chi connectivity index (χ2n) is 5.45. The van der Waals surface area contributed by atoms with Gasteiger partial charge in [-0.1, -0.05) is 23.4 Å². The number of rotatable bonds is 7. The number of nitrogens with zero attached hydrogens (tertiary/aromatic N) is 3. The molecule has 2 N–H and O–H groups in total. The lowest BCUT2D eigenvalue weighted by Crippen LogP contribution is -2.30. The maximum absolute atomic E-state index is 5.94. The van der Waals surface area contributed by atoms with Gasteiger partial charge in [0.05, 0.1) is 12.0 Å². The van der Waals surface area contributed by atoms with Crippen LogP contribution in [0.4, 0.5) is 5.69 Å². The summed E-state index contributed by atoms with van der Waals surface area (Å²) in [4.78, 5) is 9.54. The lowest BCUT2D eigenvalue weighted by atomic mass is 10.4.